The third-order valence-corrected chi connectivity index (χ3v) is 7.57. The molecule has 3 fully saturated rings. The Kier molecular flexibility index (Phi) is 3.59. The van der Waals surface area contributed by atoms with Crippen molar-refractivity contribution in [3.05, 3.63) is 34.9 Å². The number of ketones is 1. The molecule has 4 rings (SSSR count). The van der Waals surface area contributed by atoms with Crippen LogP contribution in [0.25, 0.3) is 0 Å². The van der Waals surface area contributed by atoms with E-state index >= 15 is 0 Å². The molecule has 4 nitrogen and oxygen atoms in total. The molecular formula is C17H20ClNO3S. The molecule has 23 heavy (non-hydrogen) atoms. The molecule has 0 radical (unpaired) electrons. The van der Waals surface area contributed by atoms with Crippen molar-refractivity contribution in [2.45, 2.75) is 42.5 Å². The number of carbonyl (C=O) groups is 1. The second kappa shape index (κ2) is 5.30. The number of piperidine rings is 2. The average molecular weight is 354 g/mol. The SMILES string of the molecule is CS(=O)(=O)C1CN2C3CC[C@@H]2C[C@H](c2ccc(Cl)cc2)C3C1=O. The maximum Gasteiger partial charge on any atom is 0.158 e. The van der Waals surface area contributed by atoms with Gasteiger partial charge in [-0.15, -0.1) is 0 Å². The zero-order valence-corrected chi connectivity index (χ0v) is 14.6. The first kappa shape index (κ1) is 15.6. The lowest BCUT2D eigenvalue weighted by atomic mass is 9.71. The Labute approximate surface area is 141 Å². The van der Waals surface area contributed by atoms with Crippen molar-refractivity contribution in [2.24, 2.45) is 5.92 Å². The van der Waals surface area contributed by atoms with Crippen molar-refractivity contribution in [2.75, 3.05) is 12.8 Å². The number of hydrogen-bond acceptors (Lipinski definition) is 4. The number of Topliss-reactive ketones (excluding diaryl/α,β-unsaturated/α-hetero) is 1. The van der Waals surface area contributed by atoms with Crippen LogP contribution in [0.1, 0.15) is 30.7 Å². The molecule has 3 aliphatic heterocycles. The van der Waals surface area contributed by atoms with Gasteiger partial charge in [-0.3, -0.25) is 9.69 Å². The van der Waals surface area contributed by atoms with Crippen molar-refractivity contribution in [3.63, 3.8) is 0 Å². The van der Waals surface area contributed by atoms with E-state index in [1.54, 1.807) is 0 Å². The summed E-state index contributed by atoms with van der Waals surface area (Å²) in [7, 11) is -3.36. The third kappa shape index (κ3) is 2.44. The molecule has 0 aliphatic carbocycles. The Balaban J connectivity index is 1.76. The third-order valence-electron chi connectivity index (χ3n) is 5.90. The molecular weight excluding hydrogens is 334 g/mol. The average Bonchev–Trinajstić information content (AvgIpc) is 2.75. The van der Waals surface area contributed by atoms with Gasteiger partial charge in [0.25, 0.3) is 0 Å². The summed E-state index contributed by atoms with van der Waals surface area (Å²) in [6.07, 6.45) is 4.19. The van der Waals surface area contributed by atoms with E-state index in [2.05, 4.69) is 4.90 Å². The van der Waals surface area contributed by atoms with Gasteiger partial charge in [-0.05, 0) is 42.9 Å². The summed E-state index contributed by atoms with van der Waals surface area (Å²) in [4.78, 5) is 15.3. The van der Waals surface area contributed by atoms with Gasteiger partial charge in [0.15, 0.2) is 15.6 Å². The van der Waals surface area contributed by atoms with Crippen LogP contribution in [0.2, 0.25) is 5.02 Å². The van der Waals surface area contributed by atoms with Crippen LogP contribution in [0.3, 0.4) is 0 Å². The van der Waals surface area contributed by atoms with E-state index in [0.717, 1.165) is 24.8 Å². The van der Waals surface area contributed by atoms with Gasteiger partial charge in [0.1, 0.15) is 5.25 Å². The number of hydrogen-bond donors (Lipinski definition) is 0. The highest BCUT2D eigenvalue weighted by atomic mass is 35.5. The largest absolute Gasteiger partial charge is 0.298 e. The van der Waals surface area contributed by atoms with Gasteiger partial charge in [0, 0.05) is 35.8 Å². The predicted molar refractivity (Wildman–Crippen MR) is 89.5 cm³/mol. The first-order valence-electron chi connectivity index (χ1n) is 8.10. The van der Waals surface area contributed by atoms with Gasteiger partial charge < -0.3 is 0 Å². The van der Waals surface area contributed by atoms with Gasteiger partial charge in [-0.1, -0.05) is 23.7 Å². The highest BCUT2D eigenvalue weighted by molar-refractivity contribution is 7.92. The molecule has 0 N–H and O–H groups in total. The highest BCUT2D eigenvalue weighted by Crippen LogP contribution is 2.50. The molecule has 0 aromatic heterocycles. The van der Waals surface area contributed by atoms with Crippen LogP contribution in [0.15, 0.2) is 24.3 Å². The summed E-state index contributed by atoms with van der Waals surface area (Å²) in [5.41, 5.74) is 1.11. The van der Waals surface area contributed by atoms with E-state index in [-0.39, 0.29) is 23.7 Å². The van der Waals surface area contributed by atoms with Crippen LogP contribution in [0.4, 0.5) is 0 Å². The molecule has 1 aromatic rings. The molecule has 0 saturated carbocycles. The molecule has 4 bridgehead atoms. The molecule has 0 spiro atoms. The van der Waals surface area contributed by atoms with Gasteiger partial charge in [0.05, 0.1) is 0 Å². The lowest BCUT2D eigenvalue weighted by Crippen LogP contribution is -2.62. The number of carbonyl (C=O) groups excluding carboxylic acids is 1. The lowest BCUT2D eigenvalue weighted by molar-refractivity contribution is -0.132. The van der Waals surface area contributed by atoms with E-state index in [4.69, 9.17) is 11.6 Å². The number of rotatable bonds is 2. The van der Waals surface area contributed by atoms with E-state index in [0.29, 0.717) is 17.6 Å². The number of benzene rings is 1. The molecule has 3 heterocycles. The van der Waals surface area contributed by atoms with Gasteiger partial charge in [-0.2, -0.15) is 0 Å². The molecule has 4 unspecified atom stereocenters. The minimum absolute atomic E-state index is 0.0750. The van der Waals surface area contributed by atoms with Crippen LogP contribution < -0.4 is 0 Å². The fraction of sp³-hybridized carbons (Fsp3) is 0.588. The Morgan fingerprint density at radius 2 is 1.87 bits per heavy atom. The van der Waals surface area contributed by atoms with Crippen molar-refractivity contribution in [1.82, 2.24) is 4.90 Å². The van der Waals surface area contributed by atoms with E-state index in [9.17, 15) is 13.2 Å². The molecule has 3 aliphatic rings. The first-order chi connectivity index (χ1) is 10.9. The van der Waals surface area contributed by atoms with Crippen LogP contribution in [0.5, 0.6) is 0 Å². The Bertz CT molecular complexity index is 746. The van der Waals surface area contributed by atoms with Crippen molar-refractivity contribution in [1.29, 1.82) is 0 Å². The minimum atomic E-state index is -3.36. The normalized spacial score (nSPS) is 39.5. The van der Waals surface area contributed by atoms with E-state index in [1.807, 2.05) is 24.3 Å². The molecule has 6 heteroatoms. The van der Waals surface area contributed by atoms with E-state index in [1.165, 1.54) is 6.26 Å². The summed E-state index contributed by atoms with van der Waals surface area (Å²) in [6.45, 7) is 0.386. The summed E-state index contributed by atoms with van der Waals surface area (Å²) in [5, 5.41) is -0.183. The van der Waals surface area contributed by atoms with Crippen molar-refractivity contribution < 1.29 is 13.2 Å². The van der Waals surface area contributed by atoms with Crippen molar-refractivity contribution >= 4 is 27.2 Å². The van der Waals surface area contributed by atoms with Gasteiger partial charge in [-0.25, -0.2) is 8.42 Å². The molecule has 124 valence electrons. The second-order valence-electron chi connectivity index (χ2n) is 7.14. The topological polar surface area (TPSA) is 54.5 Å². The van der Waals surface area contributed by atoms with Crippen LogP contribution in [-0.2, 0) is 14.6 Å². The lowest BCUT2D eigenvalue weighted by Gasteiger charge is -2.49. The van der Waals surface area contributed by atoms with Crippen LogP contribution in [-0.4, -0.2) is 49.2 Å². The molecule has 0 amide bonds. The zero-order chi connectivity index (χ0) is 16.4. The Morgan fingerprint density at radius 1 is 1.17 bits per heavy atom. The monoisotopic (exact) mass is 353 g/mol. The summed E-state index contributed by atoms with van der Waals surface area (Å²) in [6, 6.07) is 8.28. The standard InChI is InChI=1S/C17H20ClNO3S/c1-23(21,22)15-9-19-12-6-7-14(19)16(17(15)20)13(8-12)10-2-4-11(18)5-3-10/h2-5,12-16H,6-9H2,1H3/t12-,13-,14?,15?,16?/m1/s1. The van der Waals surface area contributed by atoms with Gasteiger partial charge in [0.2, 0.25) is 0 Å². The van der Waals surface area contributed by atoms with Crippen LogP contribution >= 0.6 is 11.6 Å². The number of nitrogens with zero attached hydrogens (tertiary/aromatic N) is 1. The highest BCUT2D eigenvalue weighted by Gasteiger charge is 2.57. The van der Waals surface area contributed by atoms with Crippen molar-refractivity contribution in [3.8, 4) is 0 Å². The second-order valence-corrected chi connectivity index (χ2v) is 9.80. The predicted octanol–water partition coefficient (Wildman–Crippen LogP) is 2.27. The first-order valence-corrected chi connectivity index (χ1v) is 10.4. The number of halogens is 1. The maximum atomic E-state index is 13.0. The fourth-order valence-corrected chi connectivity index (χ4v) is 6.03. The molecule has 6 atom stereocenters. The minimum Gasteiger partial charge on any atom is -0.298 e. The maximum absolute atomic E-state index is 13.0. The fourth-order valence-electron chi connectivity index (χ4n) is 4.88. The Morgan fingerprint density at radius 3 is 2.52 bits per heavy atom. The van der Waals surface area contributed by atoms with Crippen LogP contribution in [0, 0.1) is 5.92 Å². The smallest absolute Gasteiger partial charge is 0.158 e. The summed E-state index contributed by atoms with van der Waals surface area (Å²) >= 11 is 5.98. The summed E-state index contributed by atoms with van der Waals surface area (Å²) in [5.74, 6) is -0.171. The molecule has 1 aromatic carbocycles. The van der Waals surface area contributed by atoms with E-state index < -0.39 is 15.1 Å². The van der Waals surface area contributed by atoms with Gasteiger partial charge >= 0.3 is 0 Å². The Hall–Kier alpha value is -0.910. The zero-order valence-electron chi connectivity index (χ0n) is 13.0. The number of sulfone groups is 1. The summed E-state index contributed by atoms with van der Waals surface area (Å²) < 4.78 is 24.2. The molecule has 3 saturated heterocycles. The quantitative estimate of drug-likeness (QED) is 0.818.